The van der Waals surface area contributed by atoms with E-state index in [1.165, 1.54) is 0 Å². The lowest BCUT2D eigenvalue weighted by atomic mass is 10.1. The van der Waals surface area contributed by atoms with Crippen LogP contribution in [0.4, 0.5) is 0 Å². The van der Waals surface area contributed by atoms with Crippen molar-refractivity contribution in [2.75, 3.05) is 6.54 Å². The maximum atomic E-state index is 10.1. The molecule has 0 aromatic carbocycles. The number of carboxylic acids is 2. The Morgan fingerprint density at radius 1 is 0.867 bits per heavy atom. The second-order valence-electron chi connectivity index (χ2n) is 7.20. The highest BCUT2D eigenvalue weighted by Gasteiger charge is 2.17. The average molecular weight is 444 g/mol. The van der Waals surface area contributed by atoms with Crippen LogP contribution in [0.3, 0.4) is 0 Å². The SMILES string of the molecule is CC(CN)C(=O)[OH2+].CC(N)C(C)C(=O)O.CC(N)CC(=O)[OH2+].CC([NH3+])C(C)C(=O)O. The number of rotatable bonds is 8. The van der Waals surface area contributed by atoms with Gasteiger partial charge in [0.25, 0.3) is 0 Å². The molecular formula is C18H43N4O8+3. The number of hydrogen-bond acceptors (Lipinski definition) is 7. The lowest BCUT2D eigenvalue weighted by molar-refractivity contribution is -0.423. The van der Waals surface area contributed by atoms with E-state index in [1.54, 1.807) is 41.5 Å². The second-order valence-corrected chi connectivity index (χ2v) is 7.20. The molecule has 0 radical (unpaired) electrons. The van der Waals surface area contributed by atoms with Gasteiger partial charge in [0.15, 0.2) is 0 Å². The van der Waals surface area contributed by atoms with Gasteiger partial charge in [-0.3, -0.25) is 9.59 Å². The lowest BCUT2D eigenvalue weighted by Gasteiger charge is -2.07. The molecule has 0 bridgehead atoms. The van der Waals surface area contributed by atoms with E-state index in [9.17, 15) is 19.2 Å². The molecule has 30 heavy (non-hydrogen) atoms. The molecule has 0 aromatic rings. The third kappa shape index (κ3) is 27.9. The largest absolute Gasteiger partial charge is 0.565 e. The van der Waals surface area contributed by atoms with E-state index in [0.717, 1.165) is 0 Å². The molecule has 0 aliphatic heterocycles. The molecule has 0 aliphatic carbocycles. The quantitative estimate of drug-likeness (QED) is 0.211. The Morgan fingerprint density at radius 2 is 1.23 bits per heavy atom. The van der Waals surface area contributed by atoms with Crippen molar-refractivity contribution in [3.63, 3.8) is 0 Å². The van der Waals surface area contributed by atoms with Crippen LogP contribution in [0.5, 0.6) is 0 Å². The Bertz CT molecular complexity index is 475. The molecule has 15 N–H and O–H groups in total. The fourth-order valence-corrected chi connectivity index (χ4v) is 0.868. The summed E-state index contributed by atoms with van der Waals surface area (Å²) in [5, 5.41) is 29.4. The van der Waals surface area contributed by atoms with Gasteiger partial charge in [-0.25, -0.2) is 0 Å². The summed E-state index contributed by atoms with van der Waals surface area (Å²) in [5.41, 5.74) is 19.0. The highest BCUT2D eigenvalue weighted by Crippen LogP contribution is 1.97. The Hall–Kier alpha value is -2.28. The molecule has 0 amide bonds. The Morgan fingerprint density at radius 3 is 1.23 bits per heavy atom. The second kappa shape index (κ2) is 20.0. The van der Waals surface area contributed by atoms with Gasteiger partial charge >= 0.3 is 23.9 Å². The van der Waals surface area contributed by atoms with Crippen LogP contribution >= 0.6 is 0 Å². The molecule has 0 rings (SSSR count). The Balaban J connectivity index is -0.000000151. The van der Waals surface area contributed by atoms with Crippen molar-refractivity contribution in [2.24, 2.45) is 35.0 Å². The summed E-state index contributed by atoms with van der Waals surface area (Å²) in [4.78, 5) is 40.0. The fraction of sp³-hybridized carbons (Fsp3) is 0.778. The molecule has 12 heteroatoms. The molecule has 0 aromatic heterocycles. The Labute approximate surface area is 177 Å². The first kappa shape index (κ1) is 35.2. The van der Waals surface area contributed by atoms with Crippen LogP contribution in [0.15, 0.2) is 0 Å². The van der Waals surface area contributed by atoms with Gasteiger partial charge in [0.1, 0.15) is 18.3 Å². The molecule has 180 valence electrons. The minimum atomic E-state index is -0.833. The van der Waals surface area contributed by atoms with Crippen molar-refractivity contribution in [1.82, 2.24) is 0 Å². The fourth-order valence-electron chi connectivity index (χ4n) is 0.868. The van der Waals surface area contributed by atoms with E-state index in [-0.39, 0.29) is 42.9 Å². The number of aliphatic carboxylic acids is 2. The molecule has 6 unspecified atom stereocenters. The number of carbonyl (C=O) groups excluding carboxylic acids is 2. The van der Waals surface area contributed by atoms with Crippen LogP contribution in [0, 0.1) is 17.8 Å². The molecule has 12 nitrogen and oxygen atoms in total. The van der Waals surface area contributed by atoms with Gasteiger partial charge in [0.05, 0.1) is 12.0 Å². The standard InChI is InChI=1S/2C5H11NO2.2C4H9NO2/c2*1-3(4(2)6)5(7)8;1-3(2-5)4(6)7;1-3(5)2-4(6)7/h2*3-4H,6H2,1-2H3,(H,7,8);2*3H,2,5H2,1H3,(H,6,7)/p+3. The molecule has 0 saturated heterocycles. The van der Waals surface area contributed by atoms with E-state index in [1.807, 2.05) is 0 Å². The third-order valence-electron chi connectivity index (χ3n) is 3.73. The maximum absolute atomic E-state index is 10.1. The van der Waals surface area contributed by atoms with E-state index >= 15 is 0 Å². The molecule has 0 fully saturated rings. The average Bonchev–Trinajstić information content (AvgIpc) is 2.59. The Kier molecular flexibility index (Phi) is 23.5. The molecular weight excluding hydrogens is 400 g/mol. The predicted molar refractivity (Wildman–Crippen MR) is 113 cm³/mol. The zero-order chi connectivity index (χ0) is 25.2. The van der Waals surface area contributed by atoms with Crippen LogP contribution in [0.1, 0.15) is 48.0 Å². The van der Waals surface area contributed by atoms with Crippen molar-refractivity contribution in [3.8, 4) is 0 Å². The summed E-state index contributed by atoms with van der Waals surface area (Å²) >= 11 is 0. The van der Waals surface area contributed by atoms with Gasteiger partial charge in [-0.15, -0.1) is 0 Å². The third-order valence-corrected chi connectivity index (χ3v) is 3.73. The summed E-state index contributed by atoms with van der Waals surface area (Å²) in [7, 11) is 0. The summed E-state index contributed by atoms with van der Waals surface area (Å²) in [5.74, 6) is -3.82. The van der Waals surface area contributed by atoms with Crippen molar-refractivity contribution in [2.45, 2.75) is 66.1 Å². The normalized spacial score (nSPS) is 15.5. The predicted octanol–water partition coefficient (Wildman–Crippen LogP) is -2.80. The minimum absolute atomic E-state index is 0.00694. The monoisotopic (exact) mass is 443 g/mol. The number of quaternary nitrogens is 1. The molecule has 0 heterocycles. The highest BCUT2D eigenvalue weighted by molar-refractivity contribution is 5.70. The van der Waals surface area contributed by atoms with Gasteiger partial charge in [0, 0.05) is 28.2 Å². The summed E-state index contributed by atoms with van der Waals surface area (Å²) in [6, 6.07) is -0.426. The van der Waals surface area contributed by atoms with Crippen LogP contribution in [-0.4, -0.2) is 69.0 Å². The summed E-state index contributed by atoms with van der Waals surface area (Å²) < 4.78 is 0. The first-order valence-corrected chi connectivity index (χ1v) is 9.41. The maximum Gasteiger partial charge on any atom is 0.520 e. The first-order chi connectivity index (χ1) is 13.4. The number of nitrogens with two attached hydrogens (primary N) is 3. The zero-order valence-corrected chi connectivity index (χ0v) is 18.8. The minimum Gasteiger partial charge on any atom is -0.565 e. The van der Waals surface area contributed by atoms with Gasteiger partial charge in [-0.2, -0.15) is 0 Å². The van der Waals surface area contributed by atoms with Crippen LogP contribution in [0.2, 0.25) is 0 Å². The van der Waals surface area contributed by atoms with Crippen molar-refractivity contribution in [1.29, 1.82) is 0 Å². The molecule has 6 atom stereocenters. The number of hydrogen-bond donors (Lipinski definition) is 6. The van der Waals surface area contributed by atoms with Crippen molar-refractivity contribution in [3.05, 3.63) is 0 Å². The first-order valence-electron chi connectivity index (χ1n) is 9.41. The number of carboxylic acid groups (broad SMARTS) is 2. The molecule has 0 aliphatic rings. The van der Waals surface area contributed by atoms with Gasteiger partial charge < -0.3 is 43.4 Å². The van der Waals surface area contributed by atoms with Gasteiger partial charge in [-0.1, -0.05) is 6.92 Å². The molecule has 0 spiro atoms. The number of carbonyl (C=O) groups is 4. The van der Waals surface area contributed by atoms with E-state index in [4.69, 9.17) is 37.6 Å². The van der Waals surface area contributed by atoms with Crippen LogP contribution in [0.25, 0.3) is 0 Å². The zero-order valence-electron chi connectivity index (χ0n) is 18.8. The topological polar surface area (TPSA) is 260 Å². The smallest absolute Gasteiger partial charge is 0.520 e. The van der Waals surface area contributed by atoms with Crippen LogP contribution in [-0.2, 0) is 19.2 Å². The van der Waals surface area contributed by atoms with E-state index < -0.39 is 29.8 Å². The van der Waals surface area contributed by atoms with E-state index in [0.29, 0.717) is 0 Å². The van der Waals surface area contributed by atoms with Gasteiger partial charge in [0.2, 0.25) is 0 Å². The molecule has 0 saturated carbocycles. The summed E-state index contributed by atoms with van der Waals surface area (Å²) in [6.45, 7) is 10.3. The van der Waals surface area contributed by atoms with E-state index in [2.05, 4.69) is 5.73 Å². The highest BCUT2D eigenvalue weighted by atomic mass is 16.4. The summed E-state index contributed by atoms with van der Waals surface area (Å²) in [6.07, 6.45) is 0.167. The lowest BCUT2D eigenvalue weighted by Crippen LogP contribution is -2.63. The van der Waals surface area contributed by atoms with Crippen molar-refractivity contribution >= 4 is 23.9 Å². The van der Waals surface area contributed by atoms with Gasteiger partial charge in [-0.05, 0) is 34.6 Å². The van der Waals surface area contributed by atoms with Crippen LogP contribution < -0.4 is 22.9 Å². The van der Waals surface area contributed by atoms with Crippen molar-refractivity contribution < 1.29 is 45.3 Å².